The van der Waals surface area contributed by atoms with Gasteiger partial charge < -0.3 is 14.4 Å². The molecular weight excluding hydrogens is 400 g/mol. The maximum absolute atomic E-state index is 13.4. The quantitative estimate of drug-likeness (QED) is 0.594. The molecule has 2 heterocycles. The summed E-state index contributed by atoms with van der Waals surface area (Å²) in [7, 11) is 6.12. The molecule has 1 aromatic carbocycles. The molecule has 3 aromatic rings. The lowest BCUT2D eigenvalue weighted by Gasteiger charge is -2.23. The van der Waals surface area contributed by atoms with Crippen molar-refractivity contribution in [2.24, 2.45) is 14.1 Å². The zero-order chi connectivity index (χ0) is 22.3. The number of amides is 1. The lowest BCUT2D eigenvalue weighted by molar-refractivity contribution is 0.0723. The molecule has 162 valence electrons. The van der Waals surface area contributed by atoms with Gasteiger partial charge in [0.1, 0.15) is 22.8 Å². The Morgan fingerprint density at radius 3 is 2.48 bits per heavy atom. The SMILES string of the molecule is COc1ccc(OC)c(CN(C(=O)c2ccc3c(=O)n(C)c(=O)n(C)c3n2)C2CC2)c1. The van der Waals surface area contributed by atoms with E-state index >= 15 is 0 Å². The first-order valence-corrected chi connectivity index (χ1v) is 9.94. The molecule has 9 heteroatoms. The van der Waals surface area contributed by atoms with Crippen LogP contribution in [0.25, 0.3) is 11.0 Å². The number of hydrogen-bond acceptors (Lipinski definition) is 6. The predicted molar refractivity (Wildman–Crippen MR) is 115 cm³/mol. The number of aromatic nitrogens is 3. The Morgan fingerprint density at radius 1 is 1.10 bits per heavy atom. The van der Waals surface area contributed by atoms with Gasteiger partial charge in [-0.2, -0.15) is 0 Å². The number of benzene rings is 1. The van der Waals surface area contributed by atoms with Crippen LogP contribution in [0, 0.1) is 0 Å². The van der Waals surface area contributed by atoms with Gasteiger partial charge in [0, 0.05) is 25.7 Å². The van der Waals surface area contributed by atoms with Crippen molar-refractivity contribution in [2.45, 2.75) is 25.4 Å². The molecule has 0 saturated heterocycles. The lowest BCUT2D eigenvalue weighted by Crippen LogP contribution is -2.38. The summed E-state index contributed by atoms with van der Waals surface area (Å²) in [5, 5.41) is 0.286. The average molecular weight is 424 g/mol. The Balaban J connectivity index is 1.74. The van der Waals surface area contributed by atoms with E-state index in [9.17, 15) is 14.4 Å². The highest BCUT2D eigenvalue weighted by molar-refractivity contribution is 5.94. The van der Waals surface area contributed by atoms with Gasteiger partial charge in [0.05, 0.1) is 26.2 Å². The maximum Gasteiger partial charge on any atom is 0.332 e. The number of hydrogen-bond donors (Lipinski definition) is 0. The fourth-order valence-electron chi connectivity index (χ4n) is 3.66. The maximum atomic E-state index is 13.4. The average Bonchev–Trinajstić information content (AvgIpc) is 3.64. The van der Waals surface area contributed by atoms with Gasteiger partial charge in [-0.25, -0.2) is 9.78 Å². The second-order valence-corrected chi connectivity index (χ2v) is 7.62. The second kappa shape index (κ2) is 7.90. The molecule has 1 aliphatic rings. The molecule has 0 atom stereocenters. The third-order valence-electron chi connectivity index (χ3n) is 5.60. The number of ether oxygens (including phenoxy) is 2. The minimum atomic E-state index is -0.491. The fraction of sp³-hybridized carbons (Fsp3) is 0.364. The zero-order valence-electron chi connectivity index (χ0n) is 17.9. The summed E-state index contributed by atoms with van der Waals surface area (Å²) in [5.74, 6) is 1.08. The number of carbonyl (C=O) groups excluding carboxylic acids is 1. The number of fused-ring (bicyclic) bond motifs is 1. The van der Waals surface area contributed by atoms with E-state index in [-0.39, 0.29) is 28.7 Å². The van der Waals surface area contributed by atoms with Crippen molar-refractivity contribution < 1.29 is 14.3 Å². The summed E-state index contributed by atoms with van der Waals surface area (Å²) in [5.41, 5.74) is 0.266. The first-order chi connectivity index (χ1) is 14.8. The van der Waals surface area contributed by atoms with Crippen molar-refractivity contribution in [3.05, 3.63) is 62.4 Å². The molecule has 2 aromatic heterocycles. The van der Waals surface area contributed by atoms with Crippen LogP contribution in [0.1, 0.15) is 28.9 Å². The molecule has 0 radical (unpaired) electrons. The molecule has 0 N–H and O–H groups in total. The molecule has 0 bridgehead atoms. The monoisotopic (exact) mass is 424 g/mol. The van der Waals surface area contributed by atoms with Crippen LogP contribution in [0.15, 0.2) is 39.9 Å². The van der Waals surface area contributed by atoms with Crippen molar-refractivity contribution in [3.63, 3.8) is 0 Å². The Labute approximate surface area is 178 Å². The van der Waals surface area contributed by atoms with E-state index in [0.717, 1.165) is 23.0 Å². The first kappa shape index (κ1) is 20.6. The Hall–Kier alpha value is -3.62. The third-order valence-corrected chi connectivity index (χ3v) is 5.60. The van der Waals surface area contributed by atoms with Gasteiger partial charge in [0.25, 0.3) is 11.5 Å². The summed E-state index contributed by atoms with van der Waals surface area (Å²) in [4.78, 5) is 44.2. The topological polar surface area (TPSA) is 95.7 Å². The van der Waals surface area contributed by atoms with Gasteiger partial charge in [-0.15, -0.1) is 0 Å². The zero-order valence-corrected chi connectivity index (χ0v) is 17.9. The van der Waals surface area contributed by atoms with Gasteiger partial charge >= 0.3 is 5.69 Å². The number of carbonyl (C=O) groups is 1. The largest absolute Gasteiger partial charge is 0.497 e. The van der Waals surface area contributed by atoms with Gasteiger partial charge in [-0.1, -0.05) is 0 Å². The van der Waals surface area contributed by atoms with Gasteiger partial charge in [-0.3, -0.25) is 18.7 Å². The molecule has 9 nitrogen and oxygen atoms in total. The van der Waals surface area contributed by atoms with Crippen molar-refractivity contribution in [3.8, 4) is 11.5 Å². The van der Waals surface area contributed by atoms with Crippen LogP contribution in [0.5, 0.6) is 11.5 Å². The molecule has 0 spiro atoms. The van der Waals surface area contributed by atoms with Crippen molar-refractivity contribution >= 4 is 16.9 Å². The molecule has 1 amide bonds. The van der Waals surface area contributed by atoms with Crippen LogP contribution in [0.4, 0.5) is 0 Å². The molecule has 31 heavy (non-hydrogen) atoms. The first-order valence-electron chi connectivity index (χ1n) is 9.94. The highest BCUT2D eigenvalue weighted by Crippen LogP contribution is 2.33. The number of aryl methyl sites for hydroxylation is 1. The molecule has 1 fully saturated rings. The van der Waals surface area contributed by atoms with E-state index in [0.29, 0.717) is 18.0 Å². The molecule has 4 rings (SSSR count). The fourth-order valence-corrected chi connectivity index (χ4v) is 3.66. The van der Waals surface area contributed by atoms with Crippen LogP contribution >= 0.6 is 0 Å². The van der Waals surface area contributed by atoms with Crippen LogP contribution in [-0.4, -0.2) is 45.2 Å². The summed E-state index contributed by atoms with van der Waals surface area (Å²) < 4.78 is 13.1. The van der Waals surface area contributed by atoms with E-state index in [4.69, 9.17) is 9.47 Å². The summed E-state index contributed by atoms with van der Waals surface area (Å²) >= 11 is 0. The third kappa shape index (κ3) is 3.67. The summed E-state index contributed by atoms with van der Waals surface area (Å²) in [6.07, 6.45) is 1.81. The van der Waals surface area contributed by atoms with E-state index in [1.807, 2.05) is 12.1 Å². The molecule has 1 saturated carbocycles. The van der Waals surface area contributed by atoms with Crippen molar-refractivity contribution in [2.75, 3.05) is 14.2 Å². The molecule has 1 aliphatic carbocycles. The van der Waals surface area contributed by atoms with E-state index < -0.39 is 11.2 Å². The lowest BCUT2D eigenvalue weighted by atomic mass is 10.1. The van der Waals surface area contributed by atoms with Crippen LogP contribution in [0.2, 0.25) is 0 Å². The normalized spacial score (nSPS) is 13.3. The van der Waals surface area contributed by atoms with Crippen molar-refractivity contribution in [1.82, 2.24) is 19.0 Å². The van der Waals surface area contributed by atoms with Crippen LogP contribution in [0.3, 0.4) is 0 Å². The van der Waals surface area contributed by atoms with Crippen LogP contribution in [-0.2, 0) is 20.6 Å². The Kier molecular flexibility index (Phi) is 5.26. The Morgan fingerprint density at radius 2 is 1.84 bits per heavy atom. The van der Waals surface area contributed by atoms with E-state index in [2.05, 4.69) is 4.98 Å². The summed E-state index contributed by atoms with van der Waals surface area (Å²) in [6, 6.07) is 8.65. The standard InChI is InChI=1S/C22H24N4O5/c1-24-19-16(20(27)25(2)22(24)29)8-9-17(23-19)21(28)26(14-5-6-14)12-13-11-15(30-3)7-10-18(13)31-4/h7-11,14H,5-6,12H2,1-4H3. The number of nitrogens with zero attached hydrogens (tertiary/aromatic N) is 4. The molecule has 0 aliphatic heterocycles. The number of pyridine rings is 1. The molecule has 0 unspecified atom stereocenters. The minimum Gasteiger partial charge on any atom is -0.497 e. The van der Waals surface area contributed by atoms with E-state index in [1.54, 1.807) is 31.3 Å². The summed E-state index contributed by atoms with van der Waals surface area (Å²) in [6.45, 7) is 0.332. The number of rotatable bonds is 6. The molecular formula is C22H24N4O5. The van der Waals surface area contributed by atoms with Crippen LogP contribution < -0.4 is 20.7 Å². The predicted octanol–water partition coefficient (Wildman–Crippen LogP) is 1.45. The van der Waals surface area contributed by atoms with E-state index in [1.165, 1.54) is 24.7 Å². The second-order valence-electron chi connectivity index (χ2n) is 7.62. The van der Waals surface area contributed by atoms with Gasteiger partial charge in [0.15, 0.2) is 0 Å². The highest BCUT2D eigenvalue weighted by atomic mass is 16.5. The number of methoxy groups -OCH3 is 2. The highest BCUT2D eigenvalue weighted by Gasteiger charge is 2.34. The van der Waals surface area contributed by atoms with Gasteiger partial charge in [-0.05, 0) is 43.2 Å². The smallest absolute Gasteiger partial charge is 0.332 e. The minimum absolute atomic E-state index is 0.105. The van der Waals surface area contributed by atoms with Gasteiger partial charge in [0.2, 0.25) is 0 Å². The Bertz CT molecular complexity index is 1290. The van der Waals surface area contributed by atoms with Crippen molar-refractivity contribution in [1.29, 1.82) is 0 Å².